The number of esters is 1. The van der Waals surface area contributed by atoms with Crippen LogP contribution in [-0.2, 0) is 34.7 Å². The molecule has 0 N–H and O–H groups in total. The average Bonchev–Trinajstić information content (AvgIpc) is 3.14. The van der Waals surface area contributed by atoms with Gasteiger partial charge in [0.15, 0.2) is 6.79 Å². The maximum Gasteiger partial charge on any atom is 0.338 e. The largest absolute Gasteiger partial charge is 0.467 e. The van der Waals surface area contributed by atoms with Crippen LogP contribution in [0.1, 0.15) is 51.9 Å². The third kappa shape index (κ3) is 3.80. The van der Waals surface area contributed by atoms with Gasteiger partial charge in [0.05, 0.1) is 18.8 Å². The van der Waals surface area contributed by atoms with Crippen molar-refractivity contribution in [3.8, 4) is 5.75 Å². The molecule has 0 amide bonds. The minimum atomic E-state index is -0.323. The number of aromatic nitrogens is 2. The molecule has 1 aliphatic carbocycles. The Kier molecular flexibility index (Phi) is 5.31. The van der Waals surface area contributed by atoms with Crippen LogP contribution in [0.5, 0.6) is 5.75 Å². The third-order valence-electron chi connectivity index (χ3n) is 4.67. The molecule has 0 radical (unpaired) electrons. The number of aryl methyl sites for hydroxylation is 2. The lowest BCUT2D eigenvalue weighted by Gasteiger charge is -2.21. The lowest BCUT2D eigenvalue weighted by atomic mass is 10.0. The minimum absolute atomic E-state index is 0.228. The summed E-state index contributed by atoms with van der Waals surface area (Å²) in [5.74, 6) is 1.96. The van der Waals surface area contributed by atoms with Crippen molar-refractivity contribution >= 4 is 17.7 Å². The Morgan fingerprint density at radius 3 is 3.04 bits per heavy atom. The predicted molar refractivity (Wildman–Crippen MR) is 101 cm³/mol. The highest BCUT2D eigenvalue weighted by molar-refractivity contribution is 7.98. The van der Waals surface area contributed by atoms with Crippen LogP contribution in [0.3, 0.4) is 0 Å². The van der Waals surface area contributed by atoms with Crippen molar-refractivity contribution in [1.82, 2.24) is 9.97 Å². The number of thioether (sulfide) groups is 1. The molecule has 1 aliphatic heterocycles. The summed E-state index contributed by atoms with van der Waals surface area (Å²) < 4.78 is 16.3. The number of rotatable bonds is 5. The molecule has 1 aromatic carbocycles. The number of carbonyl (C=O) groups is 1. The lowest BCUT2D eigenvalue weighted by Crippen LogP contribution is -2.15. The van der Waals surface area contributed by atoms with Crippen LogP contribution in [-0.4, -0.2) is 29.3 Å². The monoisotopic (exact) mass is 386 g/mol. The summed E-state index contributed by atoms with van der Waals surface area (Å²) in [4.78, 5) is 21.4. The van der Waals surface area contributed by atoms with E-state index in [0.29, 0.717) is 24.5 Å². The second-order valence-electron chi connectivity index (χ2n) is 6.60. The molecule has 2 aliphatic rings. The van der Waals surface area contributed by atoms with Gasteiger partial charge in [-0.05, 0) is 45.2 Å². The maximum absolute atomic E-state index is 12.2. The smallest absolute Gasteiger partial charge is 0.338 e. The van der Waals surface area contributed by atoms with Crippen molar-refractivity contribution < 1.29 is 19.0 Å². The van der Waals surface area contributed by atoms with Crippen LogP contribution in [0, 0.1) is 6.92 Å². The van der Waals surface area contributed by atoms with E-state index < -0.39 is 0 Å². The van der Waals surface area contributed by atoms with Gasteiger partial charge in [-0.3, -0.25) is 0 Å². The maximum atomic E-state index is 12.2. The molecule has 4 rings (SSSR count). The molecule has 7 heteroatoms. The average molecular weight is 386 g/mol. The molecule has 0 spiro atoms. The van der Waals surface area contributed by atoms with Gasteiger partial charge in [0, 0.05) is 28.1 Å². The molecule has 0 saturated carbocycles. The summed E-state index contributed by atoms with van der Waals surface area (Å²) in [5.41, 5.74) is 4.82. The quantitative estimate of drug-likeness (QED) is 0.442. The Bertz CT molecular complexity index is 885. The third-order valence-corrected chi connectivity index (χ3v) is 5.74. The van der Waals surface area contributed by atoms with Gasteiger partial charge in [0.25, 0.3) is 0 Å². The summed E-state index contributed by atoms with van der Waals surface area (Å²) in [7, 11) is 0. The van der Waals surface area contributed by atoms with Crippen LogP contribution >= 0.6 is 11.8 Å². The van der Waals surface area contributed by atoms with Crippen molar-refractivity contribution in [3.63, 3.8) is 0 Å². The van der Waals surface area contributed by atoms with E-state index in [9.17, 15) is 4.79 Å². The van der Waals surface area contributed by atoms with Crippen molar-refractivity contribution in [3.05, 3.63) is 45.9 Å². The molecular formula is C20H22N2O4S. The van der Waals surface area contributed by atoms with E-state index in [-0.39, 0.29) is 12.8 Å². The van der Waals surface area contributed by atoms with E-state index in [1.54, 1.807) is 24.8 Å². The Morgan fingerprint density at radius 2 is 2.19 bits per heavy atom. The van der Waals surface area contributed by atoms with Crippen LogP contribution in [0.4, 0.5) is 0 Å². The summed E-state index contributed by atoms with van der Waals surface area (Å²) in [6, 6.07) is 3.66. The topological polar surface area (TPSA) is 70.5 Å². The number of ether oxygens (including phenoxy) is 3. The van der Waals surface area contributed by atoms with Crippen LogP contribution in [0.25, 0.3) is 0 Å². The molecule has 27 heavy (non-hydrogen) atoms. The zero-order chi connectivity index (χ0) is 18.8. The number of benzene rings is 1. The van der Waals surface area contributed by atoms with Gasteiger partial charge in [0.2, 0.25) is 0 Å². The van der Waals surface area contributed by atoms with Gasteiger partial charge < -0.3 is 14.2 Å². The first kappa shape index (κ1) is 18.3. The first-order chi connectivity index (χ1) is 13.2. The Labute approximate surface area is 162 Å². The molecule has 0 unspecified atom stereocenters. The molecule has 0 atom stereocenters. The molecule has 0 fully saturated rings. The Morgan fingerprint density at radius 1 is 1.30 bits per heavy atom. The number of carbonyl (C=O) groups excluding carboxylic acids is 1. The normalized spacial score (nSPS) is 15.0. The molecular weight excluding hydrogens is 364 g/mol. The SMILES string of the molecule is CCOC(=O)c1cc2c(c(CSc3nc(C)nc4c3CCC4)c1)OCOC2. The van der Waals surface area contributed by atoms with Crippen molar-refractivity contribution in [2.75, 3.05) is 13.4 Å². The lowest BCUT2D eigenvalue weighted by molar-refractivity contribution is -0.0169. The van der Waals surface area contributed by atoms with Crippen LogP contribution < -0.4 is 4.74 Å². The van der Waals surface area contributed by atoms with Gasteiger partial charge in [-0.2, -0.15) is 0 Å². The second-order valence-corrected chi connectivity index (χ2v) is 7.56. The number of nitrogens with zero attached hydrogens (tertiary/aromatic N) is 2. The molecule has 0 saturated heterocycles. The summed E-state index contributed by atoms with van der Waals surface area (Å²) in [5, 5.41) is 1.04. The van der Waals surface area contributed by atoms with E-state index in [2.05, 4.69) is 9.97 Å². The molecule has 2 heterocycles. The van der Waals surface area contributed by atoms with Crippen LogP contribution in [0.2, 0.25) is 0 Å². The fraction of sp³-hybridized carbons (Fsp3) is 0.450. The number of hydrogen-bond acceptors (Lipinski definition) is 7. The van der Waals surface area contributed by atoms with Crippen molar-refractivity contribution in [2.24, 2.45) is 0 Å². The summed E-state index contributed by atoms with van der Waals surface area (Å²) in [6.07, 6.45) is 3.19. The summed E-state index contributed by atoms with van der Waals surface area (Å²) >= 11 is 1.68. The van der Waals surface area contributed by atoms with E-state index >= 15 is 0 Å². The molecule has 142 valence electrons. The minimum Gasteiger partial charge on any atom is -0.467 e. The van der Waals surface area contributed by atoms with E-state index in [0.717, 1.165) is 47.0 Å². The first-order valence-corrected chi connectivity index (χ1v) is 10.2. The highest BCUT2D eigenvalue weighted by atomic mass is 32.2. The van der Waals surface area contributed by atoms with Crippen molar-refractivity contribution in [2.45, 2.75) is 50.5 Å². The number of fused-ring (bicyclic) bond motifs is 2. The number of hydrogen-bond donors (Lipinski definition) is 0. The van der Waals surface area contributed by atoms with E-state index in [1.165, 1.54) is 11.3 Å². The van der Waals surface area contributed by atoms with Gasteiger partial charge in [0.1, 0.15) is 16.6 Å². The van der Waals surface area contributed by atoms with Gasteiger partial charge in [-0.25, -0.2) is 14.8 Å². The van der Waals surface area contributed by atoms with E-state index in [1.807, 2.05) is 13.0 Å². The highest BCUT2D eigenvalue weighted by Crippen LogP contribution is 2.36. The molecule has 2 aromatic rings. The Hall–Kier alpha value is -2.12. The molecule has 0 bridgehead atoms. The zero-order valence-corrected chi connectivity index (χ0v) is 16.4. The standard InChI is InChI=1S/C20H22N2O4S/c1-3-25-20(23)13-7-14-9-24-11-26-18(14)15(8-13)10-27-19-16-5-4-6-17(16)21-12(2)22-19/h7-8H,3-6,9-11H2,1-2H3. The fourth-order valence-electron chi connectivity index (χ4n) is 3.52. The van der Waals surface area contributed by atoms with Crippen molar-refractivity contribution in [1.29, 1.82) is 0 Å². The molecule has 6 nitrogen and oxygen atoms in total. The first-order valence-electron chi connectivity index (χ1n) is 9.18. The van der Waals surface area contributed by atoms with E-state index in [4.69, 9.17) is 14.2 Å². The summed E-state index contributed by atoms with van der Waals surface area (Å²) in [6.45, 7) is 4.75. The molecule has 1 aromatic heterocycles. The van der Waals surface area contributed by atoms with Gasteiger partial charge in [-0.15, -0.1) is 11.8 Å². The fourth-order valence-corrected chi connectivity index (χ4v) is 4.62. The second kappa shape index (κ2) is 7.86. The van der Waals surface area contributed by atoms with Crippen LogP contribution in [0.15, 0.2) is 17.2 Å². The van der Waals surface area contributed by atoms with Gasteiger partial charge in [-0.1, -0.05) is 0 Å². The Balaban J connectivity index is 1.63. The van der Waals surface area contributed by atoms with Gasteiger partial charge >= 0.3 is 5.97 Å². The zero-order valence-electron chi connectivity index (χ0n) is 15.5. The highest BCUT2D eigenvalue weighted by Gasteiger charge is 2.22. The predicted octanol–water partition coefficient (Wildman–Crippen LogP) is 3.61.